The van der Waals surface area contributed by atoms with E-state index in [0.29, 0.717) is 42.9 Å². The second kappa shape index (κ2) is 14.1. The summed E-state index contributed by atoms with van der Waals surface area (Å²) in [5, 5.41) is 16.4. The monoisotopic (exact) mass is 575 g/mol. The van der Waals surface area contributed by atoms with Crippen LogP contribution in [0.1, 0.15) is 72.5 Å². The number of piperidine rings is 1. The van der Waals surface area contributed by atoms with Crippen molar-refractivity contribution in [2.24, 2.45) is 11.7 Å². The number of nitrogens with zero attached hydrogens (tertiary/aromatic N) is 1. The zero-order chi connectivity index (χ0) is 29.4. The number of halogens is 1. The first kappa shape index (κ1) is 30.8. The van der Waals surface area contributed by atoms with Crippen molar-refractivity contribution in [2.75, 3.05) is 20.1 Å². The van der Waals surface area contributed by atoms with Crippen LogP contribution in [-0.2, 0) is 23.4 Å². The number of rotatable bonds is 12. The summed E-state index contributed by atoms with van der Waals surface area (Å²) in [4.78, 5) is 26.9. The number of nitrogens with one attached hydrogen (secondary N) is 1. The van der Waals surface area contributed by atoms with E-state index in [0.717, 1.165) is 48.1 Å². The van der Waals surface area contributed by atoms with Gasteiger partial charge in [-0.05, 0) is 86.0 Å². The predicted octanol–water partition coefficient (Wildman–Crippen LogP) is 6.07. The molecule has 1 saturated heterocycles. The predicted molar refractivity (Wildman–Crippen MR) is 166 cm³/mol. The normalized spacial score (nSPS) is 16.8. The van der Waals surface area contributed by atoms with E-state index >= 15 is 0 Å². The van der Waals surface area contributed by atoms with Crippen LogP contribution in [0.2, 0.25) is 5.02 Å². The highest BCUT2D eigenvalue weighted by molar-refractivity contribution is 6.33. The van der Waals surface area contributed by atoms with Gasteiger partial charge in [0.2, 0.25) is 5.91 Å². The Morgan fingerprint density at radius 3 is 2.54 bits per heavy atom. The third-order valence-electron chi connectivity index (χ3n) is 8.30. The number of carbonyl (C=O) groups is 2. The van der Waals surface area contributed by atoms with Crippen LogP contribution in [0.25, 0.3) is 11.1 Å². The fourth-order valence-electron chi connectivity index (χ4n) is 6.08. The van der Waals surface area contributed by atoms with Gasteiger partial charge in [0.1, 0.15) is 0 Å². The van der Waals surface area contributed by atoms with Crippen molar-refractivity contribution in [3.63, 3.8) is 0 Å². The van der Waals surface area contributed by atoms with Gasteiger partial charge < -0.3 is 21.1 Å². The standard InChI is InChI=1S/C34H42ClN3O3/c1-3-24-9-6-10-27(21-24)32-29(12-7-13-30(32)35)34(41,19-5-4-14-31(36)39)28-11-8-20-38(23-28)33(40)26-17-15-25(16-18-26)22-37-2/h6-7,9-10,12-13,15-18,21,28,37,41H,3-5,8,11,14,19-20,22-23H2,1-2H3,(H2,36,39)/t28-,34+/m1/s1. The van der Waals surface area contributed by atoms with Crippen LogP contribution in [0.4, 0.5) is 0 Å². The number of aliphatic hydroxyl groups is 1. The van der Waals surface area contributed by atoms with E-state index in [9.17, 15) is 14.7 Å². The number of amides is 2. The van der Waals surface area contributed by atoms with Gasteiger partial charge >= 0.3 is 0 Å². The van der Waals surface area contributed by atoms with Crippen LogP contribution in [0, 0.1) is 5.92 Å². The van der Waals surface area contributed by atoms with Gasteiger partial charge in [-0.15, -0.1) is 0 Å². The highest BCUT2D eigenvalue weighted by Crippen LogP contribution is 2.46. The molecule has 4 N–H and O–H groups in total. The molecule has 0 saturated carbocycles. The lowest BCUT2D eigenvalue weighted by Crippen LogP contribution is -2.48. The zero-order valence-electron chi connectivity index (χ0n) is 24.2. The molecule has 2 amide bonds. The number of carbonyl (C=O) groups excluding carboxylic acids is 2. The van der Waals surface area contributed by atoms with Crippen molar-refractivity contribution >= 4 is 23.4 Å². The van der Waals surface area contributed by atoms with Gasteiger partial charge in [0.15, 0.2) is 0 Å². The van der Waals surface area contributed by atoms with Crippen molar-refractivity contribution in [1.29, 1.82) is 0 Å². The maximum atomic E-state index is 13.6. The Balaban J connectivity index is 1.69. The molecule has 0 unspecified atom stereocenters. The van der Waals surface area contributed by atoms with Crippen molar-refractivity contribution in [3.8, 4) is 11.1 Å². The third-order valence-corrected chi connectivity index (χ3v) is 8.62. The van der Waals surface area contributed by atoms with Crippen molar-refractivity contribution < 1.29 is 14.7 Å². The molecule has 4 rings (SSSR count). The lowest BCUT2D eigenvalue weighted by Gasteiger charge is -2.44. The topological polar surface area (TPSA) is 95.7 Å². The van der Waals surface area contributed by atoms with E-state index in [1.807, 2.05) is 66.5 Å². The minimum atomic E-state index is -1.25. The van der Waals surface area contributed by atoms with Gasteiger partial charge in [0, 0.05) is 48.1 Å². The van der Waals surface area contributed by atoms with Gasteiger partial charge in [0.05, 0.1) is 5.60 Å². The Morgan fingerprint density at radius 1 is 1.07 bits per heavy atom. The number of unbranched alkanes of at least 4 members (excludes halogenated alkanes) is 1. The summed E-state index contributed by atoms with van der Waals surface area (Å²) in [6, 6.07) is 21.7. The summed E-state index contributed by atoms with van der Waals surface area (Å²) in [5.74, 6) is -0.573. The van der Waals surface area contributed by atoms with E-state index in [1.54, 1.807) is 0 Å². The fraction of sp³-hybridized carbons (Fsp3) is 0.412. The number of benzene rings is 3. The average Bonchev–Trinajstić information content (AvgIpc) is 2.99. The van der Waals surface area contributed by atoms with E-state index in [2.05, 4.69) is 24.4 Å². The van der Waals surface area contributed by atoms with Gasteiger partial charge in [-0.25, -0.2) is 0 Å². The molecule has 3 aromatic rings. The van der Waals surface area contributed by atoms with Gasteiger partial charge in [-0.2, -0.15) is 0 Å². The fourth-order valence-corrected chi connectivity index (χ4v) is 6.36. The molecule has 0 radical (unpaired) electrons. The molecule has 1 aliphatic heterocycles. The molecular weight excluding hydrogens is 534 g/mol. The number of aryl methyl sites for hydroxylation is 1. The number of primary amides is 1. The Hall–Kier alpha value is -3.19. The van der Waals surface area contributed by atoms with Crippen molar-refractivity contribution in [2.45, 2.75) is 64.0 Å². The molecule has 0 aromatic heterocycles. The number of hydrogen-bond acceptors (Lipinski definition) is 4. The first-order valence-electron chi connectivity index (χ1n) is 14.7. The lowest BCUT2D eigenvalue weighted by molar-refractivity contribution is -0.118. The summed E-state index contributed by atoms with van der Waals surface area (Å²) < 4.78 is 0. The summed E-state index contributed by atoms with van der Waals surface area (Å²) >= 11 is 6.86. The zero-order valence-corrected chi connectivity index (χ0v) is 24.9. The molecule has 1 heterocycles. The highest BCUT2D eigenvalue weighted by Gasteiger charge is 2.43. The van der Waals surface area contributed by atoms with Crippen molar-refractivity contribution in [3.05, 3.63) is 94.0 Å². The van der Waals surface area contributed by atoms with Gasteiger partial charge in [0.25, 0.3) is 5.91 Å². The Kier molecular flexibility index (Phi) is 10.6. The quantitative estimate of drug-likeness (QED) is 0.228. The Morgan fingerprint density at radius 2 is 1.83 bits per heavy atom. The van der Waals surface area contributed by atoms with E-state index in [1.165, 1.54) is 5.56 Å². The molecule has 0 spiro atoms. The Bertz CT molecular complexity index is 1340. The molecule has 2 atom stereocenters. The third kappa shape index (κ3) is 7.37. The molecule has 1 aliphatic rings. The lowest BCUT2D eigenvalue weighted by atomic mass is 9.72. The smallest absolute Gasteiger partial charge is 0.253 e. The largest absolute Gasteiger partial charge is 0.385 e. The molecule has 41 heavy (non-hydrogen) atoms. The SMILES string of the molecule is CCc1cccc(-c2c(Cl)cccc2[C@](O)(CCCCC(N)=O)[C@@H]2CCCN(C(=O)c3ccc(CNC)cc3)C2)c1. The van der Waals surface area contributed by atoms with Crippen LogP contribution in [0.5, 0.6) is 0 Å². The molecule has 7 heteroatoms. The molecule has 0 bridgehead atoms. The Labute approximate surface area is 248 Å². The van der Waals surface area contributed by atoms with E-state index in [-0.39, 0.29) is 24.2 Å². The van der Waals surface area contributed by atoms with E-state index < -0.39 is 5.60 Å². The van der Waals surface area contributed by atoms with Crippen molar-refractivity contribution in [1.82, 2.24) is 10.2 Å². The number of hydrogen-bond donors (Lipinski definition) is 3. The first-order valence-corrected chi connectivity index (χ1v) is 15.1. The van der Waals surface area contributed by atoms with E-state index in [4.69, 9.17) is 17.3 Å². The minimum absolute atomic E-state index is 0.0243. The number of likely N-dealkylation sites (tertiary alicyclic amines) is 1. The first-order chi connectivity index (χ1) is 19.8. The van der Waals surface area contributed by atoms with Crippen LogP contribution in [-0.4, -0.2) is 42.0 Å². The molecule has 6 nitrogen and oxygen atoms in total. The average molecular weight is 576 g/mol. The van der Waals surface area contributed by atoms with Crippen LogP contribution >= 0.6 is 11.6 Å². The second-order valence-corrected chi connectivity index (χ2v) is 11.5. The van der Waals surface area contributed by atoms with Crippen LogP contribution < -0.4 is 11.1 Å². The molecule has 1 fully saturated rings. The molecular formula is C34H42ClN3O3. The van der Waals surface area contributed by atoms with Crippen LogP contribution in [0.3, 0.4) is 0 Å². The number of nitrogens with two attached hydrogens (primary N) is 1. The molecule has 0 aliphatic carbocycles. The summed E-state index contributed by atoms with van der Waals surface area (Å²) in [6.45, 7) is 3.94. The second-order valence-electron chi connectivity index (χ2n) is 11.1. The summed E-state index contributed by atoms with van der Waals surface area (Å²) in [6.07, 6.45) is 4.38. The minimum Gasteiger partial charge on any atom is -0.385 e. The highest BCUT2D eigenvalue weighted by atomic mass is 35.5. The van der Waals surface area contributed by atoms with Gasteiger partial charge in [-0.1, -0.05) is 67.1 Å². The maximum Gasteiger partial charge on any atom is 0.253 e. The maximum absolute atomic E-state index is 13.6. The summed E-state index contributed by atoms with van der Waals surface area (Å²) in [5.41, 5.74) is 9.67. The summed E-state index contributed by atoms with van der Waals surface area (Å²) in [7, 11) is 1.90. The van der Waals surface area contributed by atoms with Crippen LogP contribution in [0.15, 0.2) is 66.7 Å². The van der Waals surface area contributed by atoms with Gasteiger partial charge in [-0.3, -0.25) is 9.59 Å². The molecule has 218 valence electrons. The molecule has 3 aromatic carbocycles.